The second kappa shape index (κ2) is 7.55. The summed E-state index contributed by atoms with van der Waals surface area (Å²) in [5.41, 5.74) is 12.7. The van der Waals surface area contributed by atoms with Crippen LogP contribution in [0.1, 0.15) is 11.1 Å². The Bertz CT molecular complexity index is 2550. The second-order valence-electron chi connectivity index (χ2n) is 11.0. The molecule has 4 aromatic carbocycles. The van der Waals surface area contributed by atoms with Gasteiger partial charge in [0.15, 0.2) is 0 Å². The van der Waals surface area contributed by atoms with E-state index < -0.39 is 0 Å². The maximum atomic E-state index is 5.11. The first-order valence-corrected chi connectivity index (χ1v) is 13.9. The first kappa shape index (κ1) is 21.3. The molecule has 0 bridgehead atoms. The van der Waals surface area contributed by atoms with Gasteiger partial charge >= 0.3 is 0 Å². The highest BCUT2D eigenvalue weighted by Gasteiger charge is 2.23. The van der Waals surface area contributed by atoms with Gasteiger partial charge in [0.25, 0.3) is 0 Å². The predicted octanol–water partition coefficient (Wildman–Crippen LogP) is 8.25. The summed E-state index contributed by atoms with van der Waals surface area (Å²) in [6.45, 7) is 0. The number of aromatic nitrogens is 5. The number of hydrogen-bond acceptors (Lipinski definition) is 3. The van der Waals surface area contributed by atoms with Gasteiger partial charge in [-0.1, -0.05) is 42.5 Å². The van der Waals surface area contributed by atoms with Gasteiger partial charge in [0.05, 0.1) is 28.3 Å². The Balaban J connectivity index is 1.43. The lowest BCUT2D eigenvalue weighted by Crippen LogP contribution is -1.96. The van der Waals surface area contributed by atoms with Gasteiger partial charge in [-0.05, 0) is 88.7 Å². The van der Waals surface area contributed by atoms with Gasteiger partial charge < -0.3 is 4.57 Å². The van der Waals surface area contributed by atoms with Crippen molar-refractivity contribution in [1.29, 1.82) is 0 Å². The Kier molecular flexibility index (Phi) is 3.92. The van der Waals surface area contributed by atoms with E-state index in [1.807, 2.05) is 24.5 Å². The molecule has 0 radical (unpaired) electrons. The fraction of sp³-hybridized carbons (Fsp3) is 0.0278. The van der Waals surface area contributed by atoms with Gasteiger partial charge in [-0.2, -0.15) is 0 Å². The molecule has 0 fully saturated rings. The van der Waals surface area contributed by atoms with Crippen LogP contribution < -0.4 is 0 Å². The van der Waals surface area contributed by atoms with Crippen LogP contribution in [0, 0.1) is 0 Å². The number of para-hydroxylation sites is 1. The molecule has 5 aromatic heterocycles. The van der Waals surface area contributed by atoms with E-state index in [2.05, 4.69) is 98.9 Å². The van der Waals surface area contributed by atoms with Gasteiger partial charge in [-0.15, -0.1) is 0 Å². The van der Waals surface area contributed by atoms with E-state index in [1.54, 1.807) is 6.20 Å². The monoisotopic (exact) mass is 523 g/mol. The maximum absolute atomic E-state index is 5.11. The highest BCUT2D eigenvalue weighted by atomic mass is 15.1. The van der Waals surface area contributed by atoms with Gasteiger partial charge in [0, 0.05) is 39.6 Å². The van der Waals surface area contributed by atoms with Gasteiger partial charge in [-0.25, -0.2) is 9.97 Å². The number of nitrogens with zero attached hydrogens (tertiary/aromatic N) is 5. The molecule has 5 nitrogen and oxygen atoms in total. The van der Waals surface area contributed by atoms with Crippen molar-refractivity contribution >= 4 is 60.3 Å². The predicted molar refractivity (Wildman–Crippen MR) is 166 cm³/mol. The Morgan fingerprint density at radius 2 is 1.41 bits per heavy atom. The number of fused-ring (bicyclic) bond motifs is 14. The van der Waals surface area contributed by atoms with E-state index in [0.29, 0.717) is 0 Å². The molecule has 0 spiro atoms. The molecule has 5 heteroatoms. The normalized spacial score (nSPS) is 12.8. The first-order chi connectivity index (χ1) is 20.3. The van der Waals surface area contributed by atoms with Crippen LogP contribution in [0.4, 0.5) is 0 Å². The quantitative estimate of drug-likeness (QED) is 0.204. The third-order valence-electron chi connectivity index (χ3n) is 8.82. The van der Waals surface area contributed by atoms with Crippen molar-refractivity contribution in [3.05, 3.63) is 127 Å². The van der Waals surface area contributed by atoms with Crippen molar-refractivity contribution in [1.82, 2.24) is 23.9 Å². The highest BCUT2D eigenvalue weighted by Crippen LogP contribution is 2.44. The molecule has 0 amide bonds. The van der Waals surface area contributed by atoms with Gasteiger partial charge in [0.2, 0.25) is 0 Å². The number of benzene rings is 4. The number of pyridine rings is 3. The molecule has 0 saturated heterocycles. The zero-order chi connectivity index (χ0) is 26.7. The van der Waals surface area contributed by atoms with Crippen LogP contribution in [0.2, 0.25) is 0 Å². The molecular weight excluding hydrogens is 502 g/mol. The summed E-state index contributed by atoms with van der Waals surface area (Å²) in [4.78, 5) is 14.4. The van der Waals surface area contributed by atoms with Gasteiger partial charge in [0.1, 0.15) is 11.3 Å². The van der Waals surface area contributed by atoms with Crippen LogP contribution >= 0.6 is 0 Å². The lowest BCUT2D eigenvalue weighted by Gasteiger charge is -2.11. The molecule has 190 valence electrons. The highest BCUT2D eigenvalue weighted by molar-refractivity contribution is 6.21. The van der Waals surface area contributed by atoms with E-state index in [0.717, 1.165) is 50.6 Å². The summed E-state index contributed by atoms with van der Waals surface area (Å²) in [6.07, 6.45) is 6.51. The molecule has 1 aliphatic carbocycles. The van der Waals surface area contributed by atoms with Crippen molar-refractivity contribution in [2.75, 3.05) is 0 Å². The minimum atomic E-state index is 0.891. The topological polar surface area (TPSA) is 48.0 Å². The van der Waals surface area contributed by atoms with Crippen LogP contribution in [0.5, 0.6) is 0 Å². The molecule has 5 heterocycles. The van der Waals surface area contributed by atoms with Crippen molar-refractivity contribution in [3.63, 3.8) is 0 Å². The smallest absolute Gasteiger partial charge is 0.147 e. The molecule has 0 aliphatic heterocycles. The molecule has 0 unspecified atom stereocenters. The summed E-state index contributed by atoms with van der Waals surface area (Å²) < 4.78 is 4.58. The third kappa shape index (κ3) is 2.72. The molecule has 41 heavy (non-hydrogen) atoms. The largest absolute Gasteiger partial charge is 0.309 e. The number of rotatable bonds is 1. The average molecular weight is 524 g/mol. The fourth-order valence-electron chi connectivity index (χ4n) is 7.06. The van der Waals surface area contributed by atoms with Crippen molar-refractivity contribution < 1.29 is 0 Å². The molecule has 1 aliphatic rings. The lowest BCUT2D eigenvalue weighted by atomic mass is 10.0. The summed E-state index contributed by atoms with van der Waals surface area (Å²) in [5, 5.41) is 5.85. The summed E-state index contributed by atoms with van der Waals surface area (Å²) in [5.74, 6) is 0. The SMILES string of the molecule is c1ccc(-n2c3cc4c(cc3c3cc5c(cc32)c2cccnc2n2c3cnccc3nc52)Cc2ccccc2-4)cc1. The number of imidazole rings is 1. The Hall–Kier alpha value is -5.55. The first-order valence-electron chi connectivity index (χ1n) is 13.9. The Morgan fingerprint density at radius 3 is 2.37 bits per heavy atom. The van der Waals surface area contributed by atoms with E-state index in [9.17, 15) is 0 Å². The molecule has 9 aromatic rings. The Labute approximate surface area is 234 Å². The van der Waals surface area contributed by atoms with Crippen LogP contribution in [0.15, 0.2) is 116 Å². The lowest BCUT2D eigenvalue weighted by molar-refractivity contribution is 1.18. The third-order valence-corrected chi connectivity index (χ3v) is 8.82. The van der Waals surface area contributed by atoms with Crippen molar-refractivity contribution in [2.45, 2.75) is 6.42 Å². The van der Waals surface area contributed by atoms with E-state index in [-0.39, 0.29) is 0 Å². The van der Waals surface area contributed by atoms with Crippen LogP contribution in [-0.2, 0) is 6.42 Å². The van der Waals surface area contributed by atoms with Gasteiger partial charge in [-0.3, -0.25) is 9.38 Å². The maximum Gasteiger partial charge on any atom is 0.147 e. The van der Waals surface area contributed by atoms with E-state index in [1.165, 1.54) is 44.1 Å². The summed E-state index contributed by atoms with van der Waals surface area (Å²) in [6, 6.07) is 35.2. The van der Waals surface area contributed by atoms with Crippen molar-refractivity contribution in [2.24, 2.45) is 0 Å². The summed E-state index contributed by atoms with van der Waals surface area (Å²) in [7, 11) is 0. The van der Waals surface area contributed by atoms with E-state index >= 15 is 0 Å². The summed E-state index contributed by atoms with van der Waals surface area (Å²) >= 11 is 0. The van der Waals surface area contributed by atoms with Crippen LogP contribution in [0.25, 0.3) is 77.1 Å². The standard InChI is InChI=1S/C36H21N5/c1-2-8-23(9-3-1)40-32-18-26-22(15-21-7-4-5-10-24(21)26)16-28(32)29-17-30-27(19-33(29)40)25-11-6-13-38-35(25)41-34-20-37-14-12-31(34)39-36(30)41/h1-14,16-20H,15H2. The molecule has 0 saturated carbocycles. The zero-order valence-corrected chi connectivity index (χ0v) is 21.9. The molecular formula is C36H21N5. The minimum absolute atomic E-state index is 0.891. The van der Waals surface area contributed by atoms with Crippen LogP contribution in [0.3, 0.4) is 0 Å². The van der Waals surface area contributed by atoms with Crippen LogP contribution in [-0.4, -0.2) is 23.9 Å². The molecule has 0 atom stereocenters. The average Bonchev–Trinajstić information content (AvgIpc) is 3.69. The molecule has 0 N–H and O–H groups in total. The minimum Gasteiger partial charge on any atom is -0.309 e. The van der Waals surface area contributed by atoms with Crippen molar-refractivity contribution in [3.8, 4) is 16.8 Å². The Morgan fingerprint density at radius 1 is 0.561 bits per heavy atom. The second-order valence-corrected chi connectivity index (χ2v) is 11.0. The zero-order valence-electron chi connectivity index (χ0n) is 21.9. The van der Waals surface area contributed by atoms with E-state index in [4.69, 9.17) is 9.97 Å². The number of hydrogen-bond donors (Lipinski definition) is 0. The molecule has 10 rings (SSSR count). The fourth-order valence-corrected chi connectivity index (χ4v) is 7.06.